The molecule has 2 aliphatic carbocycles. The minimum atomic E-state index is -0.388. The summed E-state index contributed by atoms with van der Waals surface area (Å²) in [7, 11) is 0. The van der Waals surface area contributed by atoms with E-state index in [1.54, 1.807) is 12.1 Å². The van der Waals surface area contributed by atoms with Gasteiger partial charge in [-0.05, 0) is 49.8 Å². The molecule has 2 nitrogen and oxygen atoms in total. The fourth-order valence-corrected chi connectivity index (χ4v) is 2.78. The molecule has 2 aliphatic rings. The zero-order valence-corrected chi connectivity index (χ0v) is 10.6. The number of benzene rings is 1. The molecule has 1 aromatic carbocycles. The van der Waals surface area contributed by atoms with Gasteiger partial charge in [0.15, 0.2) is 0 Å². The number of halogens is 1. The first-order valence-corrected chi connectivity index (χ1v) is 6.89. The highest BCUT2D eigenvalue weighted by Crippen LogP contribution is 2.41. The highest BCUT2D eigenvalue weighted by molar-refractivity contribution is 5.40. The smallest absolute Gasteiger partial charge is 0.124 e. The number of ether oxygens (including phenoxy) is 1. The van der Waals surface area contributed by atoms with Crippen molar-refractivity contribution in [1.82, 2.24) is 0 Å². The van der Waals surface area contributed by atoms with E-state index in [-0.39, 0.29) is 11.4 Å². The first-order chi connectivity index (χ1) is 8.67. The van der Waals surface area contributed by atoms with Crippen LogP contribution in [-0.4, -0.2) is 6.61 Å². The number of nitrogens with two attached hydrogens (primary N) is 1. The third-order valence-corrected chi connectivity index (χ3v) is 4.15. The molecule has 0 amide bonds. The van der Waals surface area contributed by atoms with Gasteiger partial charge in [0, 0.05) is 11.1 Å². The van der Waals surface area contributed by atoms with Crippen molar-refractivity contribution < 1.29 is 9.13 Å². The Morgan fingerprint density at radius 3 is 2.67 bits per heavy atom. The molecule has 98 valence electrons. The van der Waals surface area contributed by atoms with Crippen LogP contribution in [0, 0.1) is 11.7 Å². The number of hydrogen-bond donors (Lipinski definition) is 1. The second-order valence-corrected chi connectivity index (χ2v) is 5.76. The first kappa shape index (κ1) is 12.0. The van der Waals surface area contributed by atoms with E-state index in [9.17, 15) is 4.39 Å². The largest absolute Gasteiger partial charge is 0.493 e. The Hall–Kier alpha value is -1.09. The van der Waals surface area contributed by atoms with E-state index in [1.165, 1.54) is 18.9 Å². The molecule has 18 heavy (non-hydrogen) atoms. The Kier molecular flexibility index (Phi) is 3.02. The lowest BCUT2D eigenvalue weighted by Gasteiger charge is -2.26. The van der Waals surface area contributed by atoms with Crippen LogP contribution in [0.1, 0.15) is 44.1 Å². The lowest BCUT2D eigenvalue weighted by molar-refractivity contribution is 0.287. The molecule has 0 saturated heterocycles. The SMILES string of the molecule is NC1(c2cc(F)ccc2OCC2CC2)CCCC1. The van der Waals surface area contributed by atoms with Gasteiger partial charge in [-0.2, -0.15) is 0 Å². The summed E-state index contributed by atoms with van der Waals surface area (Å²) in [5.41, 5.74) is 6.90. The van der Waals surface area contributed by atoms with Gasteiger partial charge >= 0.3 is 0 Å². The minimum absolute atomic E-state index is 0.222. The van der Waals surface area contributed by atoms with Crippen molar-refractivity contribution in [3.63, 3.8) is 0 Å². The van der Waals surface area contributed by atoms with Gasteiger partial charge in [-0.3, -0.25) is 0 Å². The summed E-state index contributed by atoms with van der Waals surface area (Å²) in [6, 6.07) is 4.76. The molecule has 0 aliphatic heterocycles. The summed E-state index contributed by atoms with van der Waals surface area (Å²) in [6.07, 6.45) is 6.60. The van der Waals surface area contributed by atoms with Crippen LogP contribution in [0.15, 0.2) is 18.2 Å². The van der Waals surface area contributed by atoms with Gasteiger partial charge in [0.25, 0.3) is 0 Å². The van der Waals surface area contributed by atoms with E-state index >= 15 is 0 Å². The molecule has 3 rings (SSSR count). The number of hydrogen-bond acceptors (Lipinski definition) is 2. The van der Waals surface area contributed by atoms with Gasteiger partial charge in [-0.25, -0.2) is 4.39 Å². The molecule has 2 fully saturated rings. The van der Waals surface area contributed by atoms with Gasteiger partial charge in [0.1, 0.15) is 11.6 Å². The van der Waals surface area contributed by atoms with E-state index in [4.69, 9.17) is 10.5 Å². The average molecular weight is 249 g/mol. The van der Waals surface area contributed by atoms with E-state index in [0.29, 0.717) is 5.92 Å². The van der Waals surface area contributed by atoms with Crippen LogP contribution >= 0.6 is 0 Å². The van der Waals surface area contributed by atoms with Crippen molar-refractivity contribution in [2.45, 2.75) is 44.1 Å². The zero-order valence-electron chi connectivity index (χ0n) is 10.6. The Bertz CT molecular complexity index is 436. The fraction of sp³-hybridized carbons (Fsp3) is 0.600. The van der Waals surface area contributed by atoms with Crippen LogP contribution < -0.4 is 10.5 Å². The maximum absolute atomic E-state index is 13.5. The first-order valence-electron chi connectivity index (χ1n) is 6.89. The third-order valence-electron chi connectivity index (χ3n) is 4.15. The molecule has 0 heterocycles. The van der Waals surface area contributed by atoms with Crippen LogP contribution in [0.25, 0.3) is 0 Å². The Morgan fingerprint density at radius 2 is 2.00 bits per heavy atom. The summed E-state index contributed by atoms with van der Waals surface area (Å²) in [6.45, 7) is 0.745. The van der Waals surface area contributed by atoms with Gasteiger partial charge in [-0.15, -0.1) is 0 Å². The molecule has 1 aromatic rings. The second-order valence-electron chi connectivity index (χ2n) is 5.76. The summed E-state index contributed by atoms with van der Waals surface area (Å²) in [4.78, 5) is 0. The molecule has 0 unspecified atom stereocenters. The van der Waals surface area contributed by atoms with Crippen LogP contribution in [0.3, 0.4) is 0 Å². The summed E-state index contributed by atoms with van der Waals surface area (Å²) in [5.74, 6) is 1.26. The molecular formula is C15H20FNO. The Morgan fingerprint density at radius 1 is 1.28 bits per heavy atom. The average Bonchev–Trinajstić information content (AvgIpc) is 3.09. The predicted molar refractivity (Wildman–Crippen MR) is 69.0 cm³/mol. The van der Waals surface area contributed by atoms with Gasteiger partial charge in [0.05, 0.1) is 6.61 Å². The summed E-state index contributed by atoms with van der Waals surface area (Å²) >= 11 is 0. The lowest BCUT2D eigenvalue weighted by atomic mass is 9.88. The fourth-order valence-electron chi connectivity index (χ4n) is 2.78. The van der Waals surface area contributed by atoms with E-state index in [2.05, 4.69) is 0 Å². The van der Waals surface area contributed by atoms with Crippen molar-refractivity contribution in [2.75, 3.05) is 6.61 Å². The van der Waals surface area contributed by atoms with Crippen molar-refractivity contribution in [1.29, 1.82) is 0 Å². The van der Waals surface area contributed by atoms with Crippen LogP contribution in [0.5, 0.6) is 5.75 Å². The van der Waals surface area contributed by atoms with Crippen molar-refractivity contribution in [3.8, 4) is 5.75 Å². The quantitative estimate of drug-likeness (QED) is 0.888. The van der Waals surface area contributed by atoms with Crippen LogP contribution in [0.2, 0.25) is 0 Å². The standard InChI is InChI=1S/C15H20FNO/c16-12-5-6-14(18-10-11-3-4-11)13(9-12)15(17)7-1-2-8-15/h5-6,9,11H,1-4,7-8,10,17H2. The van der Waals surface area contributed by atoms with E-state index in [0.717, 1.165) is 43.6 Å². The van der Waals surface area contributed by atoms with Gasteiger partial charge in [-0.1, -0.05) is 12.8 Å². The highest BCUT2D eigenvalue weighted by Gasteiger charge is 2.34. The molecule has 0 atom stereocenters. The highest BCUT2D eigenvalue weighted by atomic mass is 19.1. The third kappa shape index (κ3) is 2.37. The predicted octanol–water partition coefficient (Wildman–Crippen LogP) is 3.34. The molecule has 2 saturated carbocycles. The van der Waals surface area contributed by atoms with Crippen molar-refractivity contribution >= 4 is 0 Å². The number of rotatable bonds is 4. The maximum Gasteiger partial charge on any atom is 0.124 e. The Balaban J connectivity index is 1.86. The van der Waals surface area contributed by atoms with Crippen molar-refractivity contribution in [3.05, 3.63) is 29.6 Å². The van der Waals surface area contributed by atoms with E-state index in [1.807, 2.05) is 0 Å². The molecule has 0 aromatic heterocycles. The molecule has 3 heteroatoms. The van der Waals surface area contributed by atoms with E-state index < -0.39 is 0 Å². The minimum Gasteiger partial charge on any atom is -0.493 e. The molecule has 0 spiro atoms. The zero-order chi connectivity index (χ0) is 12.6. The van der Waals surface area contributed by atoms with Crippen molar-refractivity contribution in [2.24, 2.45) is 11.7 Å². The monoisotopic (exact) mass is 249 g/mol. The topological polar surface area (TPSA) is 35.2 Å². The van der Waals surface area contributed by atoms with Crippen LogP contribution in [0.4, 0.5) is 4.39 Å². The second kappa shape index (κ2) is 4.54. The molecule has 0 bridgehead atoms. The molecule has 0 radical (unpaired) electrons. The summed E-state index contributed by atoms with van der Waals surface area (Å²) < 4.78 is 19.3. The van der Waals surface area contributed by atoms with Gasteiger partial charge < -0.3 is 10.5 Å². The molecular weight excluding hydrogens is 229 g/mol. The normalized spacial score (nSPS) is 22.1. The maximum atomic E-state index is 13.5. The van der Waals surface area contributed by atoms with Crippen LogP contribution in [-0.2, 0) is 5.54 Å². The van der Waals surface area contributed by atoms with Gasteiger partial charge in [0.2, 0.25) is 0 Å². The lowest BCUT2D eigenvalue weighted by Crippen LogP contribution is -2.33. The summed E-state index contributed by atoms with van der Waals surface area (Å²) in [5, 5.41) is 0. The Labute approximate surface area is 107 Å². The molecule has 2 N–H and O–H groups in total.